The Kier molecular flexibility index (Phi) is 4.86. The predicted molar refractivity (Wildman–Crippen MR) is 55.9 cm³/mol. The molecule has 0 aliphatic rings. The predicted octanol–water partition coefficient (Wildman–Crippen LogP) is 2.47. The molecule has 0 saturated carbocycles. The minimum Gasteiger partial charge on any atom is -0.316 e. The Morgan fingerprint density at radius 1 is 1.46 bits per heavy atom. The molecule has 0 bridgehead atoms. The van der Waals surface area contributed by atoms with E-state index in [-0.39, 0.29) is 6.67 Å². The smallest absolute Gasteiger partial charge is 0.0988 e. The molecule has 0 unspecified atom stereocenters. The summed E-state index contributed by atoms with van der Waals surface area (Å²) < 4.78 is 11.9. The minimum absolute atomic E-state index is 0.263. The highest BCUT2D eigenvalue weighted by Crippen LogP contribution is 2.18. The molecule has 0 heterocycles. The van der Waals surface area contributed by atoms with Crippen molar-refractivity contribution in [1.29, 1.82) is 0 Å². The summed E-state index contributed by atoms with van der Waals surface area (Å²) in [7, 11) is 1.92. The molecule has 72 valence electrons. The first-order chi connectivity index (χ1) is 6.36. The summed E-state index contributed by atoms with van der Waals surface area (Å²) in [6.07, 6.45) is 0. The Morgan fingerprint density at radius 2 is 2.31 bits per heavy atom. The lowest BCUT2D eigenvalue weighted by Crippen LogP contribution is -2.04. The van der Waals surface area contributed by atoms with E-state index in [9.17, 15) is 4.39 Å². The number of halogens is 1. The van der Waals surface area contributed by atoms with Crippen LogP contribution in [-0.4, -0.2) is 19.5 Å². The van der Waals surface area contributed by atoms with Crippen molar-refractivity contribution in [2.24, 2.45) is 0 Å². The van der Waals surface area contributed by atoms with E-state index in [1.807, 2.05) is 19.2 Å². The highest BCUT2D eigenvalue weighted by atomic mass is 32.2. The van der Waals surface area contributed by atoms with E-state index in [0.29, 0.717) is 5.75 Å². The van der Waals surface area contributed by atoms with Gasteiger partial charge in [-0.25, -0.2) is 0 Å². The fourth-order valence-corrected chi connectivity index (χ4v) is 1.83. The van der Waals surface area contributed by atoms with E-state index in [1.54, 1.807) is 11.8 Å². The van der Waals surface area contributed by atoms with Crippen molar-refractivity contribution in [1.82, 2.24) is 5.32 Å². The van der Waals surface area contributed by atoms with Crippen LogP contribution in [0.2, 0.25) is 0 Å². The van der Waals surface area contributed by atoms with Gasteiger partial charge in [-0.1, -0.05) is 12.1 Å². The third kappa shape index (κ3) is 3.79. The van der Waals surface area contributed by atoms with Gasteiger partial charge in [0.15, 0.2) is 0 Å². The highest BCUT2D eigenvalue weighted by Gasteiger charge is 1.95. The van der Waals surface area contributed by atoms with E-state index < -0.39 is 0 Å². The van der Waals surface area contributed by atoms with Gasteiger partial charge in [-0.3, -0.25) is 4.39 Å². The number of alkyl halides is 1. The normalized spacial score (nSPS) is 10.3. The number of benzene rings is 1. The summed E-state index contributed by atoms with van der Waals surface area (Å²) in [6, 6.07) is 8.18. The topological polar surface area (TPSA) is 12.0 Å². The maximum Gasteiger partial charge on any atom is 0.0988 e. The van der Waals surface area contributed by atoms with Crippen LogP contribution >= 0.6 is 11.8 Å². The molecule has 0 aliphatic heterocycles. The maximum atomic E-state index is 11.9. The van der Waals surface area contributed by atoms with Crippen LogP contribution < -0.4 is 5.32 Å². The largest absolute Gasteiger partial charge is 0.316 e. The quantitative estimate of drug-likeness (QED) is 0.731. The average molecular weight is 199 g/mol. The Hall–Kier alpha value is -0.540. The molecule has 0 aliphatic carbocycles. The fourth-order valence-electron chi connectivity index (χ4n) is 1.11. The first-order valence-corrected chi connectivity index (χ1v) is 5.27. The molecule has 1 rings (SSSR count). The van der Waals surface area contributed by atoms with Gasteiger partial charge < -0.3 is 5.32 Å². The molecule has 0 spiro atoms. The summed E-state index contributed by atoms with van der Waals surface area (Å²) in [4.78, 5) is 1.14. The molecule has 0 radical (unpaired) electrons. The van der Waals surface area contributed by atoms with Gasteiger partial charge in [-0.2, -0.15) is 0 Å². The van der Waals surface area contributed by atoms with Crippen molar-refractivity contribution in [2.45, 2.75) is 11.4 Å². The Labute approximate surface area is 82.7 Å². The zero-order chi connectivity index (χ0) is 9.52. The first-order valence-electron chi connectivity index (χ1n) is 4.29. The summed E-state index contributed by atoms with van der Waals surface area (Å²) in [5.74, 6) is 0.545. The number of thioether (sulfide) groups is 1. The molecular formula is C10H14FNS. The van der Waals surface area contributed by atoms with Crippen LogP contribution in [0.25, 0.3) is 0 Å². The molecule has 1 aromatic carbocycles. The molecule has 0 atom stereocenters. The molecule has 1 N–H and O–H groups in total. The molecular weight excluding hydrogens is 185 g/mol. The first kappa shape index (κ1) is 10.5. The van der Waals surface area contributed by atoms with Gasteiger partial charge >= 0.3 is 0 Å². The number of hydrogen-bond donors (Lipinski definition) is 1. The van der Waals surface area contributed by atoms with Crippen LogP contribution in [0, 0.1) is 0 Å². The SMILES string of the molecule is CNCc1cccc(SCCF)c1. The van der Waals surface area contributed by atoms with Crippen molar-refractivity contribution >= 4 is 11.8 Å². The molecule has 0 aromatic heterocycles. The van der Waals surface area contributed by atoms with Gasteiger partial charge in [0.1, 0.15) is 0 Å². The fraction of sp³-hybridized carbons (Fsp3) is 0.400. The van der Waals surface area contributed by atoms with Crippen molar-refractivity contribution < 1.29 is 4.39 Å². The Bertz CT molecular complexity index is 252. The molecule has 13 heavy (non-hydrogen) atoms. The van der Waals surface area contributed by atoms with Gasteiger partial charge in [0, 0.05) is 17.2 Å². The van der Waals surface area contributed by atoms with Crippen molar-refractivity contribution in [2.75, 3.05) is 19.5 Å². The zero-order valence-electron chi connectivity index (χ0n) is 7.72. The van der Waals surface area contributed by atoms with E-state index in [4.69, 9.17) is 0 Å². The minimum atomic E-state index is -0.263. The van der Waals surface area contributed by atoms with Gasteiger partial charge in [0.2, 0.25) is 0 Å². The molecule has 1 aromatic rings. The van der Waals surface area contributed by atoms with Crippen molar-refractivity contribution in [3.8, 4) is 0 Å². The van der Waals surface area contributed by atoms with E-state index in [0.717, 1.165) is 11.4 Å². The summed E-state index contributed by atoms with van der Waals surface area (Å²) in [5.41, 5.74) is 1.24. The third-order valence-electron chi connectivity index (χ3n) is 1.63. The second-order valence-electron chi connectivity index (χ2n) is 2.72. The van der Waals surface area contributed by atoms with Crippen LogP contribution in [0.1, 0.15) is 5.56 Å². The molecule has 0 fully saturated rings. The highest BCUT2D eigenvalue weighted by molar-refractivity contribution is 7.99. The molecule has 1 nitrogen and oxygen atoms in total. The van der Waals surface area contributed by atoms with Crippen LogP contribution in [0.15, 0.2) is 29.2 Å². The van der Waals surface area contributed by atoms with Gasteiger partial charge in [-0.15, -0.1) is 11.8 Å². The second kappa shape index (κ2) is 6.00. The van der Waals surface area contributed by atoms with Gasteiger partial charge in [-0.05, 0) is 24.7 Å². The molecule has 0 amide bonds. The second-order valence-corrected chi connectivity index (χ2v) is 3.88. The van der Waals surface area contributed by atoms with E-state index in [2.05, 4.69) is 17.4 Å². The Morgan fingerprint density at radius 3 is 3.00 bits per heavy atom. The van der Waals surface area contributed by atoms with Crippen molar-refractivity contribution in [3.63, 3.8) is 0 Å². The number of nitrogens with one attached hydrogen (secondary N) is 1. The molecule has 0 saturated heterocycles. The van der Waals surface area contributed by atoms with Crippen LogP contribution in [0.5, 0.6) is 0 Å². The lowest BCUT2D eigenvalue weighted by Gasteiger charge is -2.03. The van der Waals surface area contributed by atoms with Gasteiger partial charge in [0.05, 0.1) is 6.67 Å². The summed E-state index contributed by atoms with van der Waals surface area (Å²) in [5, 5.41) is 3.08. The number of rotatable bonds is 5. The van der Waals surface area contributed by atoms with E-state index >= 15 is 0 Å². The van der Waals surface area contributed by atoms with Crippen LogP contribution in [0.3, 0.4) is 0 Å². The Balaban J connectivity index is 2.56. The third-order valence-corrected chi connectivity index (χ3v) is 2.57. The average Bonchev–Trinajstić information content (AvgIpc) is 2.16. The van der Waals surface area contributed by atoms with Crippen LogP contribution in [-0.2, 0) is 6.54 Å². The summed E-state index contributed by atoms with van der Waals surface area (Å²) in [6.45, 7) is 0.602. The number of hydrogen-bond acceptors (Lipinski definition) is 2. The van der Waals surface area contributed by atoms with Gasteiger partial charge in [0.25, 0.3) is 0 Å². The van der Waals surface area contributed by atoms with E-state index in [1.165, 1.54) is 5.56 Å². The molecule has 3 heteroatoms. The monoisotopic (exact) mass is 199 g/mol. The zero-order valence-corrected chi connectivity index (χ0v) is 8.53. The van der Waals surface area contributed by atoms with Crippen molar-refractivity contribution in [3.05, 3.63) is 29.8 Å². The maximum absolute atomic E-state index is 11.9. The van der Waals surface area contributed by atoms with Crippen LogP contribution in [0.4, 0.5) is 4.39 Å². The lowest BCUT2D eigenvalue weighted by atomic mass is 10.2. The lowest BCUT2D eigenvalue weighted by molar-refractivity contribution is 0.533. The summed E-state index contributed by atoms with van der Waals surface area (Å²) >= 11 is 1.56. The standard InChI is InChI=1S/C10H14FNS/c1-12-8-9-3-2-4-10(7-9)13-6-5-11/h2-4,7,12H,5-6,8H2,1H3.